The van der Waals surface area contributed by atoms with Crippen LogP contribution >= 0.6 is 0 Å². The van der Waals surface area contributed by atoms with E-state index in [2.05, 4.69) is 6.58 Å². The summed E-state index contributed by atoms with van der Waals surface area (Å²) in [5, 5.41) is 3.28. The zero-order valence-corrected chi connectivity index (χ0v) is 27.3. The molecule has 0 heterocycles. The summed E-state index contributed by atoms with van der Waals surface area (Å²) in [6, 6.07) is 0. The minimum absolute atomic E-state index is 0.420. The second kappa shape index (κ2) is 16.0. The third-order valence-corrected chi connectivity index (χ3v) is 6.93. The second-order valence-corrected chi connectivity index (χ2v) is 12.7. The molecule has 8 nitrogen and oxygen atoms in total. The summed E-state index contributed by atoms with van der Waals surface area (Å²) in [5.41, 5.74) is 0. The standard InChI is InChI=1S/C26H32F18N4O4/c1-6-18(51)52-15(11-47(2,3)13-16(49)45-9-7-19(27,28)21(31,32)23(35,36)25(39,40)41)12-48(4,5)14-17(50)46-10-8-20(29,30)22(33,34)24(37,38)26(42,43)44/h6,15H,1,7-14H2,2-5H3/p+2. The number of carbonyl (C=O) groups is 3. The number of quaternary nitrogens is 2. The molecular weight excluding hydrogens is 774 g/mol. The van der Waals surface area contributed by atoms with Crippen molar-refractivity contribution >= 4 is 17.8 Å². The number of rotatable bonds is 20. The summed E-state index contributed by atoms with van der Waals surface area (Å²) in [6.07, 6.45) is -19.5. The lowest BCUT2D eigenvalue weighted by molar-refractivity contribution is -0.906. The van der Waals surface area contributed by atoms with Gasteiger partial charge in [-0.25, -0.2) is 4.79 Å². The Hall–Kier alpha value is -3.19. The number of alkyl halides is 18. The summed E-state index contributed by atoms with van der Waals surface area (Å²) in [4.78, 5) is 36.5. The van der Waals surface area contributed by atoms with Crippen molar-refractivity contribution < 1.29 is 107 Å². The maximum absolute atomic E-state index is 13.7. The van der Waals surface area contributed by atoms with Gasteiger partial charge in [0, 0.05) is 32.0 Å². The maximum atomic E-state index is 13.7. The van der Waals surface area contributed by atoms with Gasteiger partial charge in [-0.15, -0.1) is 0 Å². The molecule has 0 bridgehead atoms. The van der Waals surface area contributed by atoms with Crippen LogP contribution in [0.3, 0.4) is 0 Å². The maximum Gasteiger partial charge on any atom is 0.460 e. The molecule has 0 fully saturated rings. The molecule has 2 amide bonds. The van der Waals surface area contributed by atoms with E-state index in [-0.39, 0.29) is 0 Å². The molecule has 0 radical (unpaired) electrons. The lowest BCUT2D eigenvalue weighted by Gasteiger charge is -2.37. The Kier molecular flexibility index (Phi) is 15.1. The predicted octanol–water partition coefficient (Wildman–Crippen LogP) is 5.19. The Balaban J connectivity index is 5.51. The van der Waals surface area contributed by atoms with E-state index in [9.17, 15) is 93.4 Å². The van der Waals surface area contributed by atoms with Gasteiger partial charge in [0.15, 0.2) is 19.2 Å². The Morgan fingerprint density at radius 2 is 0.865 bits per heavy atom. The van der Waals surface area contributed by atoms with Crippen molar-refractivity contribution in [1.82, 2.24) is 10.6 Å². The van der Waals surface area contributed by atoms with E-state index in [1.165, 1.54) is 28.2 Å². The number of carbonyl (C=O) groups excluding carboxylic acids is 3. The zero-order valence-electron chi connectivity index (χ0n) is 27.3. The number of ether oxygens (including phenoxy) is 1. The fraction of sp³-hybridized carbons (Fsp3) is 0.808. The molecule has 0 saturated carbocycles. The lowest BCUT2D eigenvalue weighted by atomic mass is 10.0. The summed E-state index contributed by atoms with van der Waals surface area (Å²) >= 11 is 0. The van der Waals surface area contributed by atoms with E-state index < -0.39 is 133 Å². The summed E-state index contributed by atoms with van der Waals surface area (Å²) in [6.45, 7) is -2.28. The van der Waals surface area contributed by atoms with Crippen LogP contribution in [0.2, 0.25) is 0 Å². The van der Waals surface area contributed by atoms with Gasteiger partial charge in [-0.05, 0) is 0 Å². The monoisotopic (exact) mass is 808 g/mol. The number of likely N-dealkylation sites (N-methyl/N-ethyl adjacent to an activating group) is 2. The first-order valence-electron chi connectivity index (χ1n) is 14.1. The number of halogens is 18. The molecule has 306 valence electrons. The number of nitrogens with one attached hydrogen (secondary N) is 2. The van der Waals surface area contributed by atoms with Crippen molar-refractivity contribution in [2.45, 2.75) is 66.8 Å². The highest BCUT2D eigenvalue weighted by Crippen LogP contribution is 2.55. The van der Waals surface area contributed by atoms with Gasteiger partial charge in [0.2, 0.25) is 0 Å². The number of nitrogens with zero attached hydrogens (tertiary/aromatic N) is 2. The van der Waals surface area contributed by atoms with Gasteiger partial charge < -0.3 is 24.3 Å². The van der Waals surface area contributed by atoms with Gasteiger partial charge in [0.05, 0.1) is 28.2 Å². The normalized spacial score (nSPS) is 14.7. The smallest absolute Gasteiger partial charge is 0.447 e. The Bertz CT molecular complexity index is 1180. The van der Waals surface area contributed by atoms with Crippen LogP contribution in [0.25, 0.3) is 0 Å². The van der Waals surface area contributed by atoms with Gasteiger partial charge in [-0.3, -0.25) is 9.59 Å². The summed E-state index contributed by atoms with van der Waals surface area (Å²) < 4.78 is 238. The SMILES string of the molecule is C=CC(=O)OC(C[N+](C)(C)CC(=O)NCCC(F)(F)C(F)(F)C(F)(F)C(F)(F)F)C[N+](C)(C)CC(=O)NCCC(F)(F)C(F)(F)C(F)(F)C(F)(F)F. The molecule has 52 heavy (non-hydrogen) atoms. The topological polar surface area (TPSA) is 84.5 Å². The van der Waals surface area contributed by atoms with Gasteiger partial charge in [0.25, 0.3) is 11.8 Å². The zero-order chi connectivity index (χ0) is 41.8. The third-order valence-electron chi connectivity index (χ3n) is 6.93. The molecule has 0 rings (SSSR count). The van der Waals surface area contributed by atoms with E-state index in [4.69, 9.17) is 4.74 Å². The fourth-order valence-corrected chi connectivity index (χ4v) is 4.31. The van der Waals surface area contributed by atoms with Gasteiger partial charge >= 0.3 is 53.9 Å². The highest BCUT2D eigenvalue weighted by atomic mass is 19.4. The molecule has 2 N–H and O–H groups in total. The van der Waals surface area contributed by atoms with Crippen LogP contribution in [0.4, 0.5) is 79.0 Å². The highest BCUT2D eigenvalue weighted by molar-refractivity contribution is 5.81. The molecule has 0 saturated heterocycles. The third kappa shape index (κ3) is 11.9. The minimum Gasteiger partial charge on any atom is -0.447 e. The molecule has 0 unspecified atom stereocenters. The molecule has 0 aliphatic rings. The van der Waals surface area contributed by atoms with Crippen molar-refractivity contribution in [2.24, 2.45) is 0 Å². The molecule has 0 aliphatic heterocycles. The highest BCUT2D eigenvalue weighted by Gasteiger charge is 2.82. The van der Waals surface area contributed by atoms with E-state index in [0.29, 0.717) is 6.08 Å². The molecule has 0 spiro atoms. The van der Waals surface area contributed by atoms with Crippen molar-refractivity contribution in [3.8, 4) is 0 Å². The summed E-state index contributed by atoms with van der Waals surface area (Å²) in [5.74, 6) is -43.6. The van der Waals surface area contributed by atoms with Crippen LogP contribution in [0.1, 0.15) is 12.8 Å². The molecule has 0 aromatic carbocycles. The molecule has 0 aliphatic carbocycles. The molecule has 0 aromatic rings. The largest absolute Gasteiger partial charge is 0.460 e. The summed E-state index contributed by atoms with van der Waals surface area (Å²) in [7, 11) is 4.91. The van der Waals surface area contributed by atoms with Crippen LogP contribution in [-0.4, -0.2) is 148 Å². The first-order chi connectivity index (χ1) is 22.7. The molecule has 26 heteroatoms. The van der Waals surface area contributed by atoms with Crippen LogP contribution in [-0.2, 0) is 19.1 Å². The molecule has 0 aromatic heterocycles. The molecular formula is C26H34F18N4O4+2. The van der Waals surface area contributed by atoms with Crippen LogP contribution in [0.15, 0.2) is 12.7 Å². The van der Waals surface area contributed by atoms with E-state index in [1.54, 1.807) is 10.6 Å². The minimum atomic E-state index is -7.14. The predicted molar refractivity (Wildman–Crippen MR) is 141 cm³/mol. The number of hydrogen-bond donors (Lipinski definition) is 2. The van der Waals surface area contributed by atoms with E-state index >= 15 is 0 Å². The molecule has 0 atom stereocenters. The Morgan fingerprint density at radius 1 is 0.577 bits per heavy atom. The quantitative estimate of drug-likeness (QED) is 0.0769. The first-order valence-corrected chi connectivity index (χ1v) is 14.1. The number of amides is 2. The average Bonchev–Trinajstić information content (AvgIpc) is 2.89. The van der Waals surface area contributed by atoms with Crippen LogP contribution < -0.4 is 10.6 Å². The first kappa shape index (κ1) is 48.8. The Morgan fingerprint density at radius 3 is 1.12 bits per heavy atom. The average molecular weight is 809 g/mol. The van der Waals surface area contributed by atoms with Crippen LogP contribution in [0, 0.1) is 0 Å². The number of hydrogen-bond acceptors (Lipinski definition) is 4. The Labute approximate surface area is 283 Å². The van der Waals surface area contributed by atoms with Crippen molar-refractivity contribution in [3.05, 3.63) is 12.7 Å². The van der Waals surface area contributed by atoms with Gasteiger partial charge in [-0.2, -0.15) is 79.0 Å². The fourth-order valence-electron chi connectivity index (χ4n) is 4.31. The van der Waals surface area contributed by atoms with Crippen molar-refractivity contribution in [3.63, 3.8) is 0 Å². The number of esters is 1. The van der Waals surface area contributed by atoms with E-state index in [1.807, 2.05) is 0 Å². The lowest BCUT2D eigenvalue weighted by Crippen LogP contribution is -2.61. The van der Waals surface area contributed by atoms with E-state index in [0.717, 1.165) is 0 Å². The van der Waals surface area contributed by atoms with Crippen molar-refractivity contribution in [1.29, 1.82) is 0 Å². The second-order valence-electron chi connectivity index (χ2n) is 12.7. The van der Waals surface area contributed by atoms with Gasteiger partial charge in [-0.1, -0.05) is 6.58 Å². The van der Waals surface area contributed by atoms with Crippen LogP contribution in [0.5, 0.6) is 0 Å². The van der Waals surface area contributed by atoms with Gasteiger partial charge in [0.1, 0.15) is 13.1 Å². The van der Waals surface area contributed by atoms with Crippen molar-refractivity contribution in [2.75, 3.05) is 67.5 Å².